The van der Waals surface area contributed by atoms with Crippen LogP contribution in [0.2, 0.25) is 0 Å². The fourth-order valence-electron chi connectivity index (χ4n) is 2.36. The molecule has 0 saturated heterocycles. The lowest BCUT2D eigenvalue weighted by Crippen LogP contribution is -2.46. The molecule has 0 unspecified atom stereocenters. The van der Waals surface area contributed by atoms with Gasteiger partial charge >= 0.3 is 5.97 Å². The standard InChI is InChI=1S/C14H27NO3S/c1-6-18-13(16)11-7-8-12(10(2)9-11)15-19(17)14(3,4)5/h10-12,15H,6-9H2,1-5H3/t10-,11-,12-,19-/m0/s1. The summed E-state index contributed by atoms with van der Waals surface area (Å²) in [6, 6.07) is 0.228. The summed E-state index contributed by atoms with van der Waals surface area (Å²) in [4.78, 5) is 11.7. The Hall–Kier alpha value is -0.420. The summed E-state index contributed by atoms with van der Waals surface area (Å²) >= 11 is 0. The van der Waals surface area contributed by atoms with Crippen LogP contribution in [0.5, 0.6) is 0 Å². The van der Waals surface area contributed by atoms with E-state index in [0.717, 1.165) is 19.3 Å². The molecule has 5 heteroatoms. The highest BCUT2D eigenvalue weighted by Gasteiger charge is 2.34. The number of hydrogen-bond acceptors (Lipinski definition) is 3. The maximum Gasteiger partial charge on any atom is 0.308 e. The van der Waals surface area contributed by atoms with Gasteiger partial charge in [0, 0.05) is 6.04 Å². The van der Waals surface area contributed by atoms with E-state index < -0.39 is 11.0 Å². The minimum absolute atomic E-state index is 0.0103. The number of esters is 1. The van der Waals surface area contributed by atoms with Crippen LogP contribution in [0.1, 0.15) is 53.9 Å². The summed E-state index contributed by atoms with van der Waals surface area (Å²) < 4.78 is 20.2. The first kappa shape index (κ1) is 16.6. The largest absolute Gasteiger partial charge is 0.466 e. The highest BCUT2D eigenvalue weighted by molar-refractivity contribution is 7.84. The maximum absolute atomic E-state index is 12.1. The van der Waals surface area contributed by atoms with Crippen molar-refractivity contribution in [2.45, 2.75) is 64.7 Å². The number of nitrogens with one attached hydrogen (secondary N) is 1. The molecule has 0 aromatic rings. The van der Waals surface area contributed by atoms with E-state index in [1.807, 2.05) is 27.7 Å². The Morgan fingerprint density at radius 1 is 1.37 bits per heavy atom. The van der Waals surface area contributed by atoms with Crippen LogP contribution >= 0.6 is 0 Å². The zero-order valence-corrected chi connectivity index (χ0v) is 13.5. The van der Waals surface area contributed by atoms with Crippen molar-refractivity contribution >= 4 is 17.0 Å². The van der Waals surface area contributed by atoms with Gasteiger partial charge in [-0.1, -0.05) is 6.92 Å². The fourth-order valence-corrected chi connectivity index (χ4v) is 3.34. The van der Waals surface area contributed by atoms with Crippen molar-refractivity contribution in [3.05, 3.63) is 0 Å². The normalized spacial score (nSPS) is 29.8. The van der Waals surface area contributed by atoms with Gasteiger partial charge in [0.25, 0.3) is 0 Å². The van der Waals surface area contributed by atoms with Gasteiger partial charge in [-0.05, 0) is 52.9 Å². The average molecular weight is 289 g/mol. The summed E-state index contributed by atoms with van der Waals surface area (Å²) in [5.74, 6) is 0.273. The quantitative estimate of drug-likeness (QED) is 0.809. The van der Waals surface area contributed by atoms with E-state index in [1.54, 1.807) is 0 Å². The smallest absolute Gasteiger partial charge is 0.308 e. The van der Waals surface area contributed by atoms with Gasteiger partial charge in [0.15, 0.2) is 0 Å². The number of hydrogen-bond donors (Lipinski definition) is 1. The van der Waals surface area contributed by atoms with Crippen molar-refractivity contribution in [3.63, 3.8) is 0 Å². The Morgan fingerprint density at radius 2 is 2.00 bits per heavy atom. The minimum Gasteiger partial charge on any atom is -0.466 e. The van der Waals surface area contributed by atoms with Gasteiger partial charge in [0.2, 0.25) is 0 Å². The summed E-state index contributed by atoms with van der Waals surface area (Å²) in [7, 11) is -1.05. The summed E-state index contributed by atoms with van der Waals surface area (Å²) in [6.45, 7) is 10.3. The van der Waals surface area contributed by atoms with E-state index in [0.29, 0.717) is 12.5 Å². The summed E-state index contributed by atoms with van der Waals surface area (Å²) in [5.41, 5.74) is 0. The van der Waals surface area contributed by atoms with Crippen LogP contribution in [0.15, 0.2) is 0 Å². The number of rotatable bonds is 4. The van der Waals surface area contributed by atoms with E-state index in [9.17, 15) is 9.00 Å². The Balaban J connectivity index is 2.51. The topological polar surface area (TPSA) is 55.4 Å². The molecule has 4 nitrogen and oxygen atoms in total. The van der Waals surface area contributed by atoms with E-state index in [4.69, 9.17) is 4.74 Å². The van der Waals surface area contributed by atoms with Gasteiger partial charge in [0.05, 0.1) is 28.3 Å². The van der Waals surface area contributed by atoms with Crippen molar-refractivity contribution < 1.29 is 13.7 Å². The molecule has 1 fully saturated rings. The van der Waals surface area contributed by atoms with E-state index in [2.05, 4.69) is 11.6 Å². The number of carbonyl (C=O) groups is 1. The highest BCUT2D eigenvalue weighted by atomic mass is 32.2. The molecule has 1 aliphatic rings. The SMILES string of the molecule is CCOC(=O)[C@H]1CC[C@H](N[S@@](=O)C(C)(C)C)[C@@H](C)C1. The third kappa shape index (κ3) is 4.88. The average Bonchev–Trinajstić information content (AvgIpc) is 2.30. The Bertz CT molecular complexity index is 338. The molecule has 0 bridgehead atoms. The van der Waals surface area contributed by atoms with Gasteiger partial charge in [-0.15, -0.1) is 0 Å². The van der Waals surface area contributed by atoms with Crippen LogP contribution in [0, 0.1) is 11.8 Å². The second kappa shape index (κ2) is 6.84. The van der Waals surface area contributed by atoms with Crippen LogP contribution in [-0.2, 0) is 20.5 Å². The molecular weight excluding hydrogens is 262 g/mol. The Labute approximate surface area is 119 Å². The van der Waals surface area contributed by atoms with E-state index >= 15 is 0 Å². The van der Waals surface area contributed by atoms with Crippen LogP contribution in [0.4, 0.5) is 0 Å². The third-order valence-electron chi connectivity index (χ3n) is 3.60. The van der Waals surface area contributed by atoms with Crippen molar-refractivity contribution in [1.82, 2.24) is 4.72 Å². The van der Waals surface area contributed by atoms with E-state index in [-0.39, 0.29) is 22.7 Å². The summed E-state index contributed by atoms with van der Waals surface area (Å²) in [6.07, 6.45) is 2.52. The molecular formula is C14H27NO3S. The van der Waals surface area contributed by atoms with Crippen molar-refractivity contribution in [3.8, 4) is 0 Å². The first-order valence-corrected chi connectivity index (χ1v) is 8.25. The molecule has 4 atom stereocenters. The molecule has 0 aliphatic heterocycles. The molecule has 112 valence electrons. The van der Waals surface area contributed by atoms with Crippen LogP contribution in [0.25, 0.3) is 0 Å². The number of carbonyl (C=O) groups excluding carboxylic acids is 1. The molecule has 0 aromatic carbocycles. The monoisotopic (exact) mass is 289 g/mol. The van der Waals surface area contributed by atoms with Crippen LogP contribution in [-0.4, -0.2) is 27.6 Å². The van der Waals surface area contributed by atoms with Crippen molar-refractivity contribution in [2.75, 3.05) is 6.61 Å². The lowest BCUT2D eigenvalue weighted by Gasteiger charge is -2.34. The molecule has 19 heavy (non-hydrogen) atoms. The first-order chi connectivity index (χ1) is 8.75. The van der Waals surface area contributed by atoms with Gasteiger partial charge in [-0.2, -0.15) is 0 Å². The number of ether oxygens (including phenoxy) is 1. The lowest BCUT2D eigenvalue weighted by atomic mass is 9.79. The lowest BCUT2D eigenvalue weighted by molar-refractivity contribution is -0.149. The Kier molecular flexibility index (Phi) is 5.99. The molecule has 0 radical (unpaired) electrons. The third-order valence-corrected chi connectivity index (χ3v) is 5.23. The van der Waals surface area contributed by atoms with Gasteiger partial charge < -0.3 is 4.74 Å². The summed E-state index contributed by atoms with van der Waals surface area (Å²) in [5, 5.41) is 0. The molecule has 1 rings (SSSR count). The second-order valence-electron chi connectivity index (χ2n) is 6.34. The Morgan fingerprint density at radius 3 is 2.47 bits per heavy atom. The maximum atomic E-state index is 12.1. The van der Waals surface area contributed by atoms with E-state index in [1.165, 1.54) is 0 Å². The first-order valence-electron chi connectivity index (χ1n) is 7.10. The predicted octanol–water partition coefficient (Wildman–Crippen LogP) is 2.41. The molecule has 0 spiro atoms. The molecule has 0 amide bonds. The van der Waals surface area contributed by atoms with Crippen LogP contribution in [0.3, 0.4) is 0 Å². The molecule has 1 N–H and O–H groups in total. The zero-order valence-electron chi connectivity index (χ0n) is 12.7. The predicted molar refractivity (Wildman–Crippen MR) is 78.0 cm³/mol. The second-order valence-corrected chi connectivity index (χ2v) is 8.34. The fraction of sp³-hybridized carbons (Fsp3) is 0.929. The minimum atomic E-state index is -1.05. The molecule has 0 heterocycles. The highest BCUT2D eigenvalue weighted by Crippen LogP contribution is 2.30. The van der Waals surface area contributed by atoms with Crippen LogP contribution < -0.4 is 4.72 Å². The molecule has 0 aromatic heterocycles. The van der Waals surface area contributed by atoms with Crippen molar-refractivity contribution in [1.29, 1.82) is 0 Å². The molecule has 1 aliphatic carbocycles. The van der Waals surface area contributed by atoms with Gasteiger partial charge in [-0.3, -0.25) is 4.79 Å². The van der Waals surface area contributed by atoms with Gasteiger partial charge in [-0.25, -0.2) is 8.93 Å². The zero-order chi connectivity index (χ0) is 14.6. The van der Waals surface area contributed by atoms with Crippen molar-refractivity contribution in [2.24, 2.45) is 11.8 Å². The molecule has 1 saturated carbocycles. The van der Waals surface area contributed by atoms with Gasteiger partial charge in [0.1, 0.15) is 0 Å².